The molecule has 2 heterocycles. The highest BCUT2D eigenvalue weighted by atomic mass is 16.6. The highest BCUT2D eigenvalue weighted by Gasteiger charge is 2.28. The molecule has 0 amide bonds. The van der Waals surface area contributed by atoms with Gasteiger partial charge in [-0.3, -0.25) is 4.79 Å². The quantitative estimate of drug-likeness (QED) is 0.667. The molecule has 2 aromatic heterocycles. The van der Waals surface area contributed by atoms with Crippen LogP contribution < -0.4 is 0 Å². The van der Waals surface area contributed by atoms with Gasteiger partial charge in [-0.25, -0.2) is 9.59 Å². The summed E-state index contributed by atoms with van der Waals surface area (Å²) in [7, 11) is 1.27. The van der Waals surface area contributed by atoms with Gasteiger partial charge in [-0.1, -0.05) is 0 Å². The smallest absolute Gasteiger partial charge is 0.375 e. The summed E-state index contributed by atoms with van der Waals surface area (Å²) in [5, 5.41) is 0. The van der Waals surface area contributed by atoms with Crippen LogP contribution in [0.5, 0.6) is 0 Å². The number of ketones is 1. The lowest BCUT2D eigenvalue weighted by molar-refractivity contribution is 0.0286. The predicted octanol–water partition coefficient (Wildman–Crippen LogP) is 2.75. The van der Waals surface area contributed by atoms with Gasteiger partial charge in [-0.15, -0.1) is 0 Å². The molecule has 0 saturated carbocycles. The zero-order chi connectivity index (χ0) is 18.0. The number of esters is 2. The number of methoxy groups -OCH3 is 1. The van der Waals surface area contributed by atoms with Gasteiger partial charge in [0.25, 0.3) is 0 Å². The van der Waals surface area contributed by atoms with Crippen LogP contribution >= 0.6 is 0 Å². The number of Topliss-reactive ketones (excluding diaryl/α,β-unsaturated/α-hetero) is 1. The average Bonchev–Trinajstić information content (AvgIpc) is 3.09. The SMILES string of the molecule is COC(=O)c1c(C)[nH]c(C(=O)[C@H](C)OC(=O)c2occc2C)c1C. The molecule has 0 aliphatic carbocycles. The van der Waals surface area contributed by atoms with Crippen molar-refractivity contribution in [3.8, 4) is 0 Å². The molecule has 2 rings (SSSR count). The van der Waals surface area contributed by atoms with Gasteiger partial charge in [-0.05, 0) is 39.3 Å². The van der Waals surface area contributed by atoms with Gasteiger partial charge < -0.3 is 18.9 Å². The Hall–Kier alpha value is -2.83. The first-order chi connectivity index (χ1) is 11.3. The molecule has 0 saturated heterocycles. The van der Waals surface area contributed by atoms with Crippen LogP contribution in [-0.2, 0) is 9.47 Å². The van der Waals surface area contributed by atoms with Crippen LogP contribution in [0.3, 0.4) is 0 Å². The third-order valence-electron chi connectivity index (χ3n) is 3.77. The fourth-order valence-corrected chi connectivity index (χ4v) is 2.46. The molecule has 24 heavy (non-hydrogen) atoms. The van der Waals surface area contributed by atoms with Crippen molar-refractivity contribution in [1.82, 2.24) is 4.98 Å². The minimum Gasteiger partial charge on any atom is -0.465 e. The summed E-state index contributed by atoms with van der Waals surface area (Å²) in [6.07, 6.45) is 0.337. The zero-order valence-corrected chi connectivity index (χ0v) is 14.2. The molecule has 0 bridgehead atoms. The van der Waals surface area contributed by atoms with E-state index in [1.807, 2.05) is 0 Å². The van der Waals surface area contributed by atoms with Crippen LogP contribution in [0.15, 0.2) is 16.7 Å². The summed E-state index contributed by atoms with van der Waals surface area (Å²) in [5.74, 6) is -1.63. The Bertz CT molecular complexity index is 798. The largest absolute Gasteiger partial charge is 0.465 e. The van der Waals surface area contributed by atoms with Crippen molar-refractivity contribution in [2.75, 3.05) is 7.11 Å². The Kier molecular flexibility index (Phi) is 4.92. The van der Waals surface area contributed by atoms with E-state index in [2.05, 4.69) is 4.98 Å². The van der Waals surface area contributed by atoms with Crippen LogP contribution in [0.1, 0.15) is 55.1 Å². The molecule has 0 aliphatic rings. The molecule has 0 spiro atoms. The number of rotatable bonds is 5. The van der Waals surface area contributed by atoms with Crippen molar-refractivity contribution in [3.63, 3.8) is 0 Å². The van der Waals surface area contributed by atoms with Crippen LogP contribution in [0.2, 0.25) is 0 Å². The van der Waals surface area contributed by atoms with E-state index in [0.29, 0.717) is 22.4 Å². The molecule has 0 radical (unpaired) electrons. The normalized spacial score (nSPS) is 11.9. The van der Waals surface area contributed by atoms with Crippen molar-refractivity contribution in [2.24, 2.45) is 0 Å². The number of aryl methyl sites for hydroxylation is 2. The first-order valence-corrected chi connectivity index (χ1v) is 7.34. The first kappa shape index (κ1) is 17.5. The topological polar surface area (TPSA) is 98.6 Å². The highest BCUT2D eigenvalue weighted by Crippen LogP contribution is 2.21. The third-order valence-corrected chi connectivity index (χ3v) is 3.77. The van der Waals surface area contributed by atoms with Crippen molar-refractivity contribution in [1.29, 1.82) is 0 Å². The third kappa shape index (κ3) is 3.10. The van der Waals surface area contributed by atoms with Gasteiger partial charge in [0, 0.05) is 11.3 Å². The molecule has 1 atom stereocenters. The van der Waals surface area contributed by atoms with Crippen molar-refractivity contribution in [3.05, 3.63) is 46.2 Å². The van der Waals surface area contributed by atoms with E-state index < -0.39 is 23.8 Å². The van der Waals surface area contributed by atoms with Crippen molar-refractivity contribution >= 4 is 17.7 Å². The van der Waals surface area contributed by atoms with Gasteiger partial charge in [-0.2, -0.15) is 0 Å². The molecule has 0 unspecified atom stereocenters. The van der Waals surface area contributed by atoms with E-state index in [9.17, 15) is 14.4 Å². The number of carbonyl (C=O) groups is 3. The van der Waals surface area contributed by atoms with E-state index in [4.69, 9.17) is 13.9 Å². The molecule has 1 N–H and O–H groups in total. The van der Waals surface area contributed by atoms with Gasteiger partial charge in [0.05, 0.1) is 24.6 Å². The summed E-state index contributed by atoms with van der Waals surface area (Å²) >= 11 is 0. The van der Waals surface area contributed by atoms with Gasteiger partial charge in [0.1, 0.15) is 0 Å². The Labute approximate surface area is 138 Å². The first-order valence-electron chi connectivity index (χ1n) is 7.34. The number of aromatic nitrogens is 1. The summed E-state index contributed by atoms with van der Waals surface area (Å²) < 4.78 is 14.9. The second kappa shape index (κ2) is 6.74. The number of carbonyl (C=O) groups excluding carboxylic acids is 3. The molecule has 2 aromatic rings. The number of nitrogens with one attached hydrogen (secondary N) is 1. The maximum atomic E-state index is 12.5. The second-order valence-corrected chi connectivity index (χ2v) is 5.46. The highest BCUT2D eigenvalue weighted by molar-refractivity contribution is 6.04. The fraction of sp³-hybridized carbons (Fsp3) is 0.353. The standard InChI is InChI=1S/C17H19NO6/c1-8-6-7-23-15(8)17(21)24-11(4)14(19)13-9(2)12(10(3)18-13)16(20)22-5/h6-7,11,18H,1-5H3/t11-/m0/s1. The predicted molar refractivity (Wildman–Crippen MR) is 84.3 cm³/mol. The number of hydrogen-bond donors (Lipinski definition) is 1. The molecular formula is C17H19NO6. The lowest BCUT2D eigenvalue weighted by Gasteiger charge is -2.11. The number of H-pyrrole nitrogens is 1. The van der Waals surface area contributed by atoms with E-state index in [1.54, 1.807) is 26.8 Å². The van der Waals surface area contributed by atoms with E-state index >= 15 is 0 Å². The van der Waals surface area contributed by atoms with E-state index in [-0.39, 0.29) is 11.5 Å². The zero-order valence-electron chi connectivity index (χ0n) is 14.2. The van der Waals surface area contributed by atoms with E-state index in [0.717, 1.165) is 0 Å². The number of aromatic amines is 1. The summed E-state index contributed by atoms with van der Waals surface area (Å²) in [6.45, 7) is 6.47. The summed E-state index contributed by atoms with van der Waals surface area (Å²) in [5.41, 5.74) is 2.12. The number of hydrogen-bond acceptors (Lipinski definition) is 6. The lowest BCUT2D eigenvalue weighted by atomic mass is 10.1. The Morgan fingerprint density at radius 1 is 1.17 bits per heavy atom. The fourth-order valence-electron chi connectivity index (χ4n) is 2.46. The molecule has 0 fully saturated rings. The molecule has 0 aromatic carbocycles. The van der Waals surface area contributed by atoms with Crippen LogP contribution in [-0.4, -0.2) is 35.9 Å². The molecule has 7 nitrogen and oxygen atoms in total. The molecule has 0 aliphatic heterocycles. The maximum absolute atomic E-state index is 12.5. The monoisotopic (exact) mass is 333 g/mol. The molecule has 128 valence electrons. The van der Waals surface area contributed by atoms with E-state index in [1.165, 1.54) is 20.3 Å². The Balaban J connectivity index is 2.21. The van der Waals surface area contributed by atoms with Crippen LogP contribution in [0, 0.1) is 20.8 Å². The van der Waals surface area contributed by atoms with Crippen molar-refractivity contribution in [2.45, 2.75) is 33.8 Å². The minimum absolute atomic E-state index is 0.0595. The average molecular weight is 333 g/mol. The van der Waals surface area contributed by atoms with Gasteiger partial charge >= 0.3 is 11.9 Å². The Morgan fingerprint density at radius 2 is 1.83 bits per heavy atom. The Morgan fingerprint density at radius 3 is 2.38 bits per heavy atom. The van der Waals surface area contributed by atoms with Gasteiger partial charge in [0.15, 0.2) is 6.10 Å². The van der Waals surface area contributed by atoms with Gasteiger partial charge in [0.2, 0.25) is 11.5 Å². The van der Waals surface area contributed by atoms with Crippen molar-refractivity contribution < 1.29 is 28.3 Å². The molecule has 7 heteroatoms. The molecular weight excluding hydrogens is 314 g/mol. The number of ether oxygens (including phenoxy) is 2. The second-order valence-electron chi connectivity index (χ2n) is 5.46. The lowest BCUT2D eigenvalue weighted by Crippen LogP contribution is -2.25. The minimum atomic E-state index is -1.04. The number of furan rings is 1. The van der Waals surface area contributed by atoms with Crippen LogP contribution in [0.4, 0.5) is 0 Å². The summed E-state index contributed by atoms with van der Waals surface area (Å²) in [4.78, 5) is 39.2. The van der Waals surface area contributed by atoms with Crippen LogP contribution in [0.25, 0.3) is 0 Å². The maximum Gasteiger partial charge on any atom is 0.375 e. The summed E-state index contributed by atoms with van der Waals surface area (Å²) in [6, 6.07) is 1.63.